The van der Waals surface area contributed by atoms with E-state index in [0.717, 1.165) is 30.4 Å². The zero-order chi connectivity index (χ0) is 21.3. The van der Waals surface area contributed by atoms with Gasteiger partial charge in [-0.15, -0.1) is 0 Å². The Kier molecular flexibility index (Phi) is 5.66. The van der Waals surface area contributed by atoms with Crippen LogP contribution in [-0.4, -0.2) is 30.4 Å². The van der Waals surface area contributed by atoms with Crippen molar-refractivity contribution in [1.82, 2.24) is 4.90 Å². The summed E-state index contributed by atoms with van der Waals surface area (Å²) in [6.45, 7) is 5.06. The summed E-state index contributed by atoms with van der Waals surface area (Å²) in [4.78, 5) is 27.6. The van der Waals surface area contributed by atoms with E-state index < -0.39 is 0 Å². The lowest BCUT2D eigenvalue weighted by atomic mass is 10.0. The number of amides is 2. The molecule has 6 heteroatoms. The highest BCUT2D eigenvalue weighted by Gasteiger charge is 2.36. The van der Waals surface area contributed by atoms with Crippen molar-refractivity contribution in [3.8, 4) is 11.5 Å². The summed E-state index contributed by atoms with van der Waals surface area (Å²) in [7, 11) is 1.62. The second-order valence-electron chi connectivity index (χ2n) is 7.80. The summed E-state index contributed by atoms with van der Waals surface area (Å²) < 4.78 is 11.1. The van der Waals surface area contributed by atoms with Crippen LogP contribution in [0.4, 0.5) is 5.69 Å². The number of hydrogen-bond donors (Lipinski definition) is 1. The van der Waals surface area contributed by atoms with Crippen LogP contribution >= 0.6 is 0 Å². The summed E-state index contributed by atoms with van der Waals surface area (Å²) in [6, 6.07) is 11.4. The van der Waals surface area contributed by atoms with Gasteiger partial charge in [0.05, 0.1) is 31.0 Å². The Hall–Kier alpha value is -3.02. The fourth-order valence-corrected chi connectivity index (χ4v) is 4.12. The van der Waals surface area contributed by atoms with Crippen LogP contribution in [0, 0.1) is 5.92 Å². The molecule has 0 aromatic heterocycles. The van der Waals surface area contributed by atoms with E-state index in [1.807, 2.05) is 48.2 Å². The number of ether oxygens (including phenoxy) is 2. The predicted octanol–water partition coefficient (Wildman–Crippen LogP) is 4.55. The van der Waals surface area contributed by atoms with Crippen LogP contribution in [0.1, 0.15) is 60.6 Å². The Morgan fingerprint density at radius 2 is 2.00 bits per heavy atom. The number of rotatable bonds is 8. The van der Waals surface area contributed by atoms with Gasteiger partial charge in [-0.1, -0.05) is 25.1 Å². The smallest absolute Gasteiger partial charge is 0.257 e. The lowest BCUT2D eigenvalue weighted by molar-refractivity contribution is -0.117. The van der Waals surface area contributed by atoms with E-state index >= 15 is 0 Å². The summed E-state index contributed by atoms with van der Waals surface area (Å²) in [5, 5.41) is 2.97. The third-order valence-corrected chi connectivity index (χ3v) is 5.81. The molecule has 4 rings (SSSR count). The van der Waals surface area contributed by atoms with Gasteiger partial charge in [-0.3, -0.25) is 9.59 Å². The summed E-state index contributed by atoms with van der Waals surface area (Å²) in [5.41, 5.74) is 3.19. The number of methoxy groups -OCH3 is 1. The maximum absolute atomic E-state index is 13.4. The first kappa shape index (κ1) is 20.3. The molecule has 0 spiro atoms. The van der Waals surface area contributed by atoms with Gasteiger partial charge in [-0.05, 0) is 55.5 Å². The highest BCUT2D eigenvalue weighted by Crippen LogP contribution is 2.39. The van der Waals surface area contributed by atoms with Gasteiger partial charge in [-0.2, -0.15) is 0 Å². The molecule has 0 saturated heterocycles. The molecule has 2 aliphatic rings. The first-order valence-electron chi connectivity index (χ1n) is 10.6. The van der Waals surface area contributed by atoms with Crippen LogP contribution in [0.25, 0.3) is 0 Å². The second kappa shape index (κ2) is 8.38. The number of benzene rings is 2. The molecule has 2 aromatic rings. The molecule has 2 aromatic carbocycles. The molecule has 0 bridgehead atoms. The molecule has 6 nitrogen and oxygen atoms in total. The largest absolute Gasteiger partial charge is 0.493 e. The monoisotopic (exact) mass is 408 g/mol. The minimum absolute atomic E-state index is 0.0122. The van der Waals surface area contributed by atoms with E-state index in [4.69, 9.17) is 9.47 Å². The van der Waals surface area contributed by atoms with E-state index in [1.54, 1.807) is 7.11 Å². The Bertz CT molecular complexity index is 968. The van der Waals surface area contributed by atoms with Gasteiger partial charge < -0.3 is 19.7 Å². The van der Waals surface area contributed by atoms with Gasteiger partial charge >= 0.3 is 0 Å². The predicted molar refractivity (Wildman–Crippen MR) is 115 cm³/mol. The molecule has 1 heterocycles. The summed E-state index contributed by atoms with van der Waals surface area (Å²) >= 11 is 0. The third kappa shape index (κ3) is 3.74. The average molecular weight is 408 g/mol. The highest BCUT2D eigenvalue weighted by molar-refractivity contribution is 6.07. The van der Waals surface area contributed by atoms with E-state index in [0.29, 0.717) is 35.9 Å². The van der Waals surface area contributed by atoms with Crippen molar-refractivity contribution in [3.05, 3.63) is 53.1 Å². The van der Waals surface area contributed by atoms with Gasteiger partial charge in [0.2, 0.25) is 5.91 Å². The molecule has 30 heavy (non-hydrogen) atoms. The second-order valence-corrected chi connectivity index (χ2v) is 7.80. The van der Waals surface area contributed by atoms with Crippen LogP contribution < -0.4 is 14.8 Å². The number of anilines is 1. The van der Waals surface area contributed by atoms with Crippen LogP contribution in [0.5, 0.6) is 11.5 Å². The van der Waals surface area contributed by atoms with Crippen molar-refractivity contribution in [2.45, 2.75) is 45.7 Å². The SMILES string of the molecule is CCOc1cc([C@@H](CC)N2Cc3cccc(NC(=O)C4CC4)c3C2=O)ccc1OC. The molecule has 1 N–H and O–H groups in total. The number of nitrogens with one attached hydrogen (secondary N) is 1. The normalized spacial score (nSPS) is 16.2. The molecule has 0 unspecified atom stereocenters. The fourth-order valence-electron chi connectivity index (χ4n) is 4.12. The van der Waals surface area contributed by atoms with Gasteiger partial charge in [0.1, 0.15) is 0 Å². The van der Waals surface area contributed by atoms with E-state index in [-0.39, 0.29) is 23.8 Å². The third-order valence-electron chi connectivity index (χ3n) is 5.81. The first-order chi connectivity index (χ1) is 14.6. The van der Waals surface area contributed by atoms with Gasteiger partial charge in [0.25, 0.3) is 5.91 Å². The van der Waals surface area contributed by atoms with Gasteiger partial charge in [0, 0.05) is 12.5 Å². The van der Waals surface area contributed by atoms with E-state index in [2.05, 4.69) is 12.2 Å². The summed E-state index contributed by atoms with van der Waals surface area (Å²) in [5.74, 6) is 1.41. The zero-order valence-electron chi connectivity index (χ0n) is 17.7. The topological polar surface area (TPSA) is 67.9 Å². The van der Waals surface area contributed by atoms with Crippen LogP contribution in [-0.2, 0) is 11.3 Å². The summed E-state index contributed by atoms with van der Waals surface area (Å²) in [6.07, 6.45) is 2.62. The number of carbonyl (C=O) groups is 2. The molecule has 1 aliphatic heterocycles. The highest BCUT2D eigenvalue weighted by atomic mass is 16.5. The van der Waals surface area contributed by atoms with Gasteiger partial charge in [0.15, 0.2) is 11.5 Å². The Morgan fingerprint density at radius 3 is 2.67 bits per heavy atom. The lowest BCUT2D eigenvalue weighted by Gasteiger charge is -2.28. The number of fused-ring (bicyclic) bond motifs is 1. The molecule has 1 fully saturated rings. The minimum atomic E-state index is -0.0954. The van der Waals surface area contributed by atoms with Crippen molar-refractivity contribution in [1.29, 1.82) is 0 Å². The Labute approximate surface area is 177 Å². The molecule has 2 amide bonds. The molecular weight excluding hydrogens is 380 g/mol. The van der Waals surface area contributed by atoms with Crippen molar-refractivity contribution >= 4 is 17.5 Å². The lowest BCUT2D eigenvalue weighted by Crippen LogP contribution is -2.29. The van der Waals surface area contributed by atoms with Crippen LogP contribution in [0.2, 0.25) is 0 Å². The average Bonchev–Trinajstić information content (AvgIpc) is 3.54. The van der Waals surface area contributed by atoms with E-state index in [1.165, 1.54) is 0 Å². The quantitative estimate of drug-likeness (QED) is 0.696. The maximum Gasteiger partial charge on any atom is 0.257 e. The molecular formula is C24H28N2O4. The van der Waals surface area contributed by atoms with Crippen molar-refractivity contribution in [2.75, 3.05) is 19.0 Å². The molecule has 158 valence electrons. The zero-order valence-corrected chi connectivity index (χ0v) is 17.7. The van der Waals surface area contributed by atoms with Gasteiger partial charge in [-0.25, -0.2) is 0 Å². The fraction of sp³-hybridized carbons (Fsp3) is 0.417. The Balaban J connectivity index is 1.62. The molecule has 1 atom stereocenters. The number of hydrogen-bond acceptors (Lipinski definition) is 4. The van der Waals surface area contributed by atoms with Crippen LogP contribution in [0.15, 0.2) is 36.4 Å². The maximum atomic E-state index is 13.4. The minimum Gasteiger partial charge on any atom is -0.493 e. The number of nitrogens with zero attached hydrogens (tertiary/aromatic N) is 1. The van der Waals surface area contributed by atoms with Crippen LogP contribution in [0.3, 0.4) is 0 Å². The molecule has 0 radical (unpaired) electrons. The molecule has 1 saturated carbocycles. The molecule has 1 aliphatic carbocycles. The van der Waals surface area contributed by atoms with E-state index in [9.17, 15) is 9.59 Å². The van der Waals surface area contributed by atoms with Crippen molar-refractivity contribution in [3.63, 3.8) is 0 Å². The number of carbonyl (C=O) groups excluding carboxylic acids is 2. The van der Waals surface area contributed by atoms with Crippen molar-refractivity contribution < 1.29 is 19.1 Å². The van der Waals surface area contributed by atoms with Crippen molar-refractivity contribution in [2.24, 2.45) is 5.92 Å². The Morgan fingerprint density at radius 1 is 1.20 bits per heavy atom. The first-order valence-corrected chi connectivity index (χ1v) is 10.6. The standard InChI is InChI=1S/C24H28N2O4/c1-4-19(16-11-12-20(29-3)21(13-16)30-5-2)26-14-17-7-6-8-18(22(17)24(26)28)25-23(27)15-9-10-15/h6-8,11-13,15,19H,4-5,9-10,14H2,1-3H3,(H,25,27)/t19-/m1/s1.